The van der Waals surface area contributed by atoms with Crippen LogP contribution in [0.4, 0.5) is 4.39 Å². The number of benzene rings is 2. The number of hydrogen-bond donors (Lipinski definition) is 0. The molecule has 1 aromatic heterocycles. The van der Waals surface area contributed by atoms with E-state index in [1.54, 1.807) is 18.4 Å². The predicted octanol–water partition coefficient (Wildman–Crippen LogP) is 5.00. The molecule has 0 atom stereocenters. The first kappa shape index (κ1) is 10.5. The SMILES string of the molecule is Fc1ccc(-c2occ3cc(Br)ccc23)cc1. The van der Waals surface area contributed by atoms with Crippen LogP contribution in [0.5, 0.6) is 0 Å². The summed E-state index contributed by atoms with van der Waals surface area (Å²) in [6.45, 7) is 0. The summed E-state index contributed by atoms with van der Waals surface area (Å²) in [7, 11) is 0. The quantitative estimate of drug-likeness (QED) is 0.615. The zero-order valence-electron chi connectivity index (χ0n) is 8.78. The van der Waals surface area contributed by atoms with Gasteiger partial charge in [-0.15, -0.1) is 0 Å². The smallest absolute Gasteiger partial charge is 0.141 e. The third-order valence-electron chi connectivity index (χ3n) is 2.67. The van der Waals surface area contributed by atoms with Crippen molar-refractivity contribution in [3.05, 3.63) is 59.0 Å². The molecule has 0 bridgehead atoms. The van der Waals surface area contributed by atoms with Gasteiger partial charge in [0, 0.05) is 20.8 Å². The maximum absolute atomic E-state index is 12.9. The molecule has 0 radical (unpaired) electrons. The molecule has 84 valence electrons. The number of fused-ring (bicyclic) bond motifs is 1. The van der Waals surface area contributed by atoms with E-state index in [0.717, 1.165) is 26.6 Å². The molecule has 1 nitrogen and oxygen atoms in total. The van der Waals surface area contributed by atoms with Crippen LogP contribution in [0.1, 0.15) is 0 Å². The van der Waals surface area contributed by atoms with E-state index < -0.39 is 0 Å². The van der Waals surface area contributed by atoms with Crippen molar-refractivity contribution in [2.45, 2.75) is 0 Å². The van der Waals surface area contributed by atoms with Crippen molar-refractivity contribution in [2.24, 2.45) is 0 Å². The van der Waals surface area contributed by atoms with Gasteiger partial charge in [0.2, 0.25) is 0 Å². The van der Waals surface area contributed by atoms with Crippen LogP contribution in [0, 0.1) is 5.82 Å². The Morgan fingerprint density at radius 2 is 1.76 bits per heavy atom. The van der Waals surface area contributed by atoms with Crippen LogP contribution in [0.3, 0.4) is 0 Å². The minimum atomic E-state index is -0.243. The minimum Gasteiger partial charge on any atom is -0.463 e. The molecule has 0 fully saturated rings. The zero-order valence-corrected chi connectivity index (χ0v) is 10.4. The number of furan rings is 1. The maximum atomic E-state index is 12.9. The third kappa shape index (κ3) is 1.87. The lowest BCUT2D eigenvalue weighted by molar-refractivity contribution is 0.586. The van der Waals surface area contributed by atoms with Gasteiger partial charge in [-0.3, -0.25) is 0 Å². The van der Waals surface area contributed by atoms with Crippen LogP contribution in [-0.2, 0) is 0 Å². The molecule has 0 aliphatic carbocycles. The summed E-state index contributed by atoms with van der Waals surface area (Å²) >= 11 is 3.42. The van der Waals surface area contributed by atoms with E-state index in [1.807, 2.05) is 18.2 Å². The van der Waals surface area contributed by atoms with E-state index in [-0.39, 0.29) is 5.82 Å². The number of rotatable bonds is 1. The van der Waals surface area contributed by atoms with E-state index in [2.05, 4.69) is 15.9 Å². The molecule has 0 saturated heterocycles. The summed E-state index contributed by atoms with van der Waals surface area (Å²) in [5.41, 5.74) is 0.878. The second kappa shape index (κ2) is 4.00. The van der Waals surface area contributed by atoms with Gasteiger partial charge in [-0.2, -0.15) is 0 Å². The predicted molar refractivity (Wildman–Crippen MR) is 69.3 cm³/mol. The van der Waals surface area contributed by atoms with E-state index in [4.69, 9.17) is 4.42 Å². The van der Waals surface area contributed by atoms with Crippen LogP contribution in [-0.4, -0.2) is 0 Å². The van der Waals surface area contributed by atoms with E-state index in [0.29, 0.717) is 0 Å². The van der Waals surface area contributed by atoms with Crippen LogP contribution < -0.4 is 0 Å². The lowest BCUT2D eigenvalue weighted by Gasteiger charge is -1.98. The molecule has 0 unspecified atom stereocenters. The summed E-state index contributed by atoms with van der Waals surface area (Å²) in [5.74, 6) is 0.528. The van der Waals surface area contributed by atoms with E-state index in [9.17, 15) is 4.39 Å². The molecule has 1 heterocycles. The second-order valence-electron chi connectivity index (χ2n) is 3.80. The zero-order chi connectivity index (χ0) is 11.8. The maximum Gasteiger partial charge on any atom is 0.141 e. The highest BCUT2D eigenvalue weighted by atomic mass is 79.9. The van der Waals surface area contributed by atoms with Gasteiger partial charge < -0.3 is 4.42 Å². The van der Waals surface area contributed by atoms with Crippen molar-refractivity contribution in [3.8, 4) is 11.3 Å². The van der Waals surface area contributed by atoms with Gasteiger partial charge >= 0.3 is 0 Å². The fraction of sp³-hybridized carbons (Fsp3) is 0. The normalized spacial score (nSPS) is 10.9. The molecular formula is C14H8BrFO. The van der Waals surface area contributed by atoms with Crippen molar-refractivity contribution < 1.29 is 8.81 Å². The third-order valence-corrected chi connectivity index (χ3v) is 3.16. The molecule has 0 saturated carbocycles. The first-order chi connectivity index (χ1) is 8.24. The molecule has 2 aromatic carbocycles. The highest BCUT2D eigenvalue weighted by Gasteiger charge is 2.08. The Morgan fingerprint density at radius 1 is 1.00 bits per heavy atom. The van der Waals surface area contributed by atoms with Crippen LogP contribution in [0.2, 0.25) is 0 Å². The van der Waals surface area contributed by atoms with Crippen molar-refractivity contribution in [2.75, 3.05) is 0 Å². The molecule has 0 aliphatic rings. The van der Waals surface area contributed by atoms with Crippen molar-refractivity contribution >= 4 is 26.7 Å². The average Bonchev–Trinajstić information content (AvgIpc) is 2.73. The molecular weight excluding hydrogens is 283 g/mol. The van der Waals surface area contributed by atoms with Crippen molar-refractivity contribution in [1.29, 1.82) is 0 Å². The Hall–Kier alpha value is -1.61. The van der Waals surface area contributed by atoms with Crippen molar-refractivity contribution in [3.63, 3.8) is 0 Å². The Balaban J connectivity index is 2.21. The average molecular weight is 291 g/mol. The highest BCUT2D eigenvalue weighted by molar-refractivity contribution is 9.10. The summed E-state index contributed by atoms with van der Waals surface area (Å²) in [6, 6.07) is 12.2. The highest BCUT2D eigenvalue weighted by Crippen LogP contribution is 2.32. The summed E-state index contributed by atoms with van der Waals surface area (Å²) in [5, 5.41) is 2.05. The van der Waals surface area contributed by atoms with Gasteiger partial charge in [0.25, 0.3) is 0 Å². The van der Waals surface area contributed by atoms with Gasteiger partial charge in [-0.25, -0.2) is 4.39 Å². The Bertz CT molecular complexity index is 670. The largest absolute Gasteiger partial charge is 0.463 e. The Labute approximate surface area is 106 Å². The van der Waals surface area contributed by atoms with Gasteiger partial charge in [0.05, 0.1) is 6.26 Å². The summed E-state index contributed by atoms with van der Waals surface area (Å²) < 4.78 is 19.4. The molecule has 3 aromatic rings. The monoisotopic (exact) mass is 290 g/mol. The van der Waals surface area contributed by atoms with Gasteiger partial charge in [0.1, 0.15) is 11.6 Å². The van der Waals surface area contributed by atoms with Crippen LogP contribution >= 0.6 is 15.9 Å². The topological polar surface area (TPSA) is 13.1 Å². The summed E-state index contributed by atoms with van der Waals surface area (Å²) in [4.78, 5) is 0. The number of halogens is 2. The van der Waals surface area contributed by atoms with Crippen LogP contribution in [0.15, 0.2) is 57.6 Å². The molecule has 0 amide bonds. The van der Waals surface area contributed by atoms with Crippen LogP contribution in [0.25, 0.3) is 22.1 Å². The molecule has 3 rings (SSSR count). The molecule has 3 heteroatoms. The van der Waals surface area contributed by atoms with Gasteiger partial charge in [-0.05, 0) is 42.5 Å². The van der Waals surface area contributed by atoms with E-state index >= 15 is 0 Å². The molecule has 0 N–H and O–H groups in total. The van der Waals surface area contributed by atoms with Crippen molar-refractivity contribution in [1.82, 2.24) is 0 Å². The lowest BCUT2D eigenvalue weighted by atomic mass is 10.1. The summed E-state index contributed by atoms with van der Waals surface area (Å²) in [6.07, 6.45) is 1.71. The standard InChI is InChI=1S/C14H8BrFO/c15-11-3-6-13-10(7-11)8-17-14(13)9-1-4-12(16)5-2-9/h1-8H. The Morgan fingerprint density at radius 3 is 2.53 bits per heavy atom. The Kier molecular flexibility index (Phi) is 2.48. The second-order valence-corrected chi connectivity index (χ2v) is 4.72. The fourth-order valence-electron chi connectivity index (χ4n) is 1.85. The minimum absolute atomic E-state index is 0.243. The fourth-order valence-corrected chi connectivity index (χ4v) is 2.23. The number of hydrogen-bond acceptors (Lipinski definition) is 1. The molecule has 0 aliphatic heterocycles. The van der Waals surface area contributed by atoms with Gasteiger partial charge in [0.15, 0.2) is 0 Å². The molecule has 0 spiro atoms. The molecule has 17 heavy (non-hydrogen) atoms. The van der Waals surface area contributed by atoms with Gasteiger partial charge in [-0.1, -0.05) is 15.9 Å². The van der Waals surface area contributed by atoms with E-state index in [1.165, 1.54) is 12.1 Å². The lowest BCUT2D eigenvalue weighted by Crippen LogP contribution is -1.77. The first-order valence-corrected chi connectivity index (χ1v) is 5.96. The first-order valence-electron chi connectivity index (χ1n) is 5.17.